The first-order valence-corrected chi connectivity index (χ1v) is 10.8. The summed E-state index contributed by atoms with van der Waals surface area (Å²) in [7, 11) is 3.90. The number of amides is 1. The van der Waals surface area contributed by atoms with Gasteiger partial charge in [0.1, 0.15) is 9.88 Å². The highest BCUT2D eigenvalue weighted by molar-refractivity contribution is 7.17. The number of hydrazine groups is 1. The van der Waals surface area contributed by atoms with E-state index in [-0.39, 0.29) is 5.91 Å². The monoisotopic (exact) mass is 438 g/mol. The van der Waals surface area contributed by atoms with E-state index in [9.17, 15) is 4.79 Å². The normalized spacial score (nSPS) is 11.4. The van der Waals surface area contributed by atoms with Crippen LogP contribution in [0.4, 0.5) is 0 Å². The number of aromatic nitrogens is 2. The molecule has 5 nitrogen and oxygen atoms in total. The summed E-state index contributed by atoms with van der Waals surface area (Å²) in [5.74, 6) is -0.147. The molecule has 4 rings (SSSR count). The number of hydrogen-bond acceptors (Lipinski definition) is 4. The maximum absolute atomic E-state index is 12.9. The van der Waals surface area contributed by atoms with E-state index in [4.69, 9.17) is 11.6 Å². The molecule has 2 heterocycles. The summed E-state index contributed by atoms with van der Waals surface area (Å²) in [5, 5.41) is 4.51. The molecule has 0 saturated heterocycles. The van der Waals surface area contributed by atoms with Crippen molar-refractivity contribution in [2.24, 2.45) is 7.05 Å². The van der Waals surface area contributed by atoms with Crippen molar-refractivity contribution in [3.63, 3.8) is 0 Å². The maximum Gasteiger partial charge on any atom is 0.277 e. The van der Waals surface area contributed by atoms with Crippen LogP contribution in [-0.4, -0.2) is 27.5 Å². The van der Waals surface area contributed by atoms with Gasteiger partial charge in [0.15, 0.2) is 0 Å². The van der Waals surface area contributed by atoms with Gasteiger partial charge in [-0.15, -0.1) is 11.3 Å². The van der Waals surface area contributed by atoms with E-state index in [0.29, 0.717) is 16.4 Å². The fraction of sp³-hybridized carbons (Fsp3) is 0.217. The lowest BCUT2D eigenvalue weighted by atomic mass is 10.1. The molecule has 4 aromatic rings. The lowest BCUT2D eigenvalue weighted by Crippen LogP contribution is -2.38. The van der Waals surface area contributed by atoms with E-state index >= 15 is 0 Å². The van der Waals surface area contributed by atoms with Crippen molar-refractivity contribution in [1.29, 1.82) is 0 Å². The van der Waals surface area contributed by atoms with Gasteiger partial charge in [-0.3, -0.25) is 10.2 Å². The summed E-state index contributed by atoms with van der Waals surface area (Å²) in [5.41, 5.74) is 8.05. The topological polar surface area (TPSA) is 50.2 Å². The number of fused-ring (bicyclic) bond motifs is 1. The largest absolute Gasteiger partial charge is 0.351 e. The Balaban J connectivity index is 1.48. The lowest BCUT2D eigenvalue weighted by molar-refractivity contribution is 0.0823. The molecular formula is C23H23ClN4OS. The Kier molecular flexibility index (Phi) is 5.64. The Morgan fingerprint density at radius 3 is 2.77 bits per heavy atom. The molecule has 0 aliphatic carbocycles. The second kappa shape index (κ2) is 8.22. The van der Waals surface area contributed by atoms with Crippen LogP contribution in [0.2, 0.25) is 5.02 Å². The molecule has 0 atom stereocenters. The predicted molar refractivity (Wildman–Crippen MR) is 124 cm³/mol. The minimum absolute atomic E-state index is 0.147. The number of carbonyl (C=O) groups is 1. The molecule has 0 fully saturated rings. The van der Waals surface area contributed by atoms with Crippen molar-refractivity contribution in [1.82, 2.24) is 20.0 Å². The van der Waals surface area contributed by atoms with Crippen molar-refractivity contribution in [2.75, 3.05) is 7.05 Å². The Morgan fingerprint density at radius 2 is 2.00 bits per heavy atom. The SMILES string of the molecule is Cc1cc(Cl)ccc1-c1nc(C)c(C(=O)NN(C)Cc2ccc3c(ccn3C)c2)s1. The number of aryl methyl sites for hydroxylation is 3. The molecule has 2 aromatic carbocycles. The molecule has 0 saturated carbocycles. The van der Waals surface area contributed by atoms with Crippen LogP contribution in [0.3, 0.4) is 0 Å². The van der Waals surface area contributed by atoms with Gasteiger partial charge in [0.25, 0.3) is 5.91 Å². The number of benzene rings is 2. The van der Waals surface area contributed by atoms with Crippen molar-refractivity contribution in [3.05, 3.63) is 75.4 Å². The molecule has 154 valence electrons. The minimum Gasteiger partial charge on any atom is -0.351 e. The van der Waals surface area contributed by atoms with Gasteiger partial charge in [-0.1, -0.05) is 23.7 Å². The number of hydrogen-bond donors (Lipinski definition) is 1. The Labute approximate surface area is 184 Å². The standard InChI is InChI=1S/C23H23ClN4OS/c1-14-11-18(24)6-7-19(14)23-25-15(2)21(30-23)22(29)26-28(4)13-16-5-8-20-17(12-16)9-10-27(20)3/h5-12H,13H2,1-4H3,(H,26,29). The van der Waals surface area contributed by atoms with E-state index in [2.05, 4.69) is 39.2 Å². The first-order chi connectivity index (χ1) is 14.3. The molecule has 2 aromatic heterocycles. The van der Waals surface area contributed by atoms with Gasteiger partial charge in [-0.2, -0.15) is 0 Å². The summed E-state index contributed by atoms with van der Waals surface area (Å²) >= 11 is 7.46. The third-order valence-electron chi connectivity index (χ3n) is 5.08. The van der Waals surface area contributed by atoms with Crippen LogP contribution in [0.15, 0.2) is 48.7 Å². The van der Waals surface area contributed by atoms with Crippen molar-refractivity contribution < 1.29 is 4.79 Å². The minimum atomic E-state index is -0.147. The van der Waals surface area contributed by atoms with Crippen LogP contribution in [0.25, 0.3) is 21.5 Å². The van der Waals surface area contributed by atoms with Crippen molar-refractivity contribution in [3.8, 4) is 10.6 Å². The fourth-order valence-corrected chi connectivity index (χ4v) is 4.83. The van der Waals surface area contributed by atoms with Crippen LogP contribution in [-0.2, 0) is 13.6 Å². The molecule has 0 aliphatic rings. The summed E-state index contributed by atoms with van der Waals surface area (Å²) in [4.78, 5) is 18.1. The third-order valence-corrected chi connectivity index (χ3v) is 6.51. The van der Waals surface area contributed by atoms with Gasteiger partial charge in [-0.25, -0.2) is 9.99 Å². The fourth-order valence-electron chi connectivity index (χ4n) is 3.56. The lowest BCUT2D eigenvalue weighted by Gasteiger charge is -2.18. The molecule has 0 spiro atoms. The van der Waals surface area contributed by atoms with Crippen LogP contribution in [0, 0.1) is 13.8 Å². The second-order valence-electron chi connectivity index (χ2n) is 7.51. The highest BCUT2D eigenvalue weighted by Crippen LogP contribution is 2.31. The average molecular weight is 439 g/mol. The van der Waals surface area contributed by atoms with Crippen LogP contribution in [0.1, 0.15) is 26.5 Å². The van der Waals surface area contributed by atoms with Crippen molar-refractivity contribution >= 4 is 39.7 Å². The molecule has 1 N–H and O–H groups in total. The van der Waals surface area contributed by atoms with Gasteiger partial charge in [-0.05, 0) is 60.7 Å². The zero-order chi connectivity index (χ0) is 21.4. The van der Waals surface area contributed by atoms with Gasteiger partial charge < -0.3 is 4.57 Å². The molecular weight excluding hydrogens is 416 g/mol. The Hall–Kier alpha value is -2.67. The van der Waals surface area contributed by atoms with E-state index in [0.717, 1.165) is 27.4 Å². The Bertz CT molecular complexity index is 1240. The van der Waals surface area contributed by atoms with Crippen LogP contribution >= 0.6 is 22.9 Å². The molecule has 0 bridgehead atoms. The van der Waals surface area contributed by atoms with E-state index in [1.54, 1.807) is 5.01 Å². The summed E-state index contributed by atoms with van der Waals surface area (Å²) in [6, 6.07) is 14.1. The van der Waals surface area contributed by atoms with Crippen LogP contribution < -0.4 is 5.43 Å². The number of nitrogens with one attached hydrogen (secondary N) is 1. The Morgan fingerprint density at radius 1 is 1.20 bits per heavy atom. The first kappa shape index (κ1) is 20.6. The molecule has 1 amide bonds. The number of carbonyl (C=O) groups excluding carboxylic acids is 1. The maximum atomic E-state index is 12.9. The van der Waals surface area contributed by atoms with Crippen LogP contribution in [0.5, 0.6) is 0 Å². The highest BCUT2D eigenvalue weighted by atomic mass is 35.5. The quantitative estimate of drug-likeness (QED) is 0.427. The number of nitrogens with zero attached hydrogens (tertiary/aromatic N) is 3. The van der Waals surface area contributed by atoms with Gasteiger partial charge in [0.05, 0.1) is 5.69 Å². The first-order valence-electron chi connectivity index (χ1n) is 9.62. The molecule has 30 heavy (non-hydrogen) atoms. The van der Waals surface area contributed by atoms with Crippen molar-refractivity contribution in [2.45, 2.75) is 20.4 Å². The van der Waals surface area contributed by atoms with Gasteiger partial charge >= 0.3 is 0 Å². The molecule has 0 unspecified atom stereocenters. The van der Waals surface area contributed by atoms with E-state index in [1.807, 2.05) is 52.3 Å². The summed E-state index contributed by atoms with van der Waals surface area (Å²) in [6.45, 7) is 4.47. The predicted octanol–water partition coefficient (Wildman–Crippen LogP) is 5.35. The second-order valence-corrected chi connectivity index (χ2v) is 8.95. The zero-order valence-corrected chi connectivity index (χ0v) is 18.9. The molecule has 0 aliphatic heterocycles. The average Bonchev–Trinajstić information content (AvgIpc) is 3.24. The highest BCUT2D eigenvalue weighted by Gasteiger charge is 2.18. The zero-order valence-electron chi connectivity index (χ0n) is 17.4. The number of thiazole rings is 1. The number of rotatable bonds is 5. The summed E-state index contributed by atoms with van der Waals surface area (Å²) in [6.07, 6.45) is 2.05. The van der Waals surface area contributed by atoms with E-state index in [1.165, 1.54) is 22.2 Å². The summed E-state index contributed by atoms with van der Waals surface area (Å²) < 4.78 is 2.09. The molecule has 7 heteroatoms. The molecule has 0 radical (unpaired) electrons. The third kappa shape index (κ3) is 4.12. The van der Waals surface area contributed by atoms with Gasteiger partial charge in [0, 0.05) is 42.9 Å². The smallest absolute Gasteiger partial charge is 0.277 e. The van der Waals surface area contributed by atoms with E-state index < -0.39 is 0 Å². The number of halogens is 1. The van der Waals surface area contributed by atoms with Gasteiger partial charge in [0.2, 0.25) is 0 Å².